The summed E-state index contributed by atoms with van der Waals surface area (Å²) in [6, 6.07) is 2.87. The van der Waals surface area contributed by atoms with Crippen LogP contribution in [0, 0.1) is 0 Å². The first-order valence-electron chi connectivity index (χ1n) is 5.57. The van der Waals surface area contributed by atoms with E-state index < -0.39 is 6.04 Å². The molecule has 98 valence electrons. The molecule has 1 amide bonds. The lowest BCUT2D eigenvalue weighted by Gasteiger charge is -2.20. The van der Waals surface area contributed by atoms with E-state index >= 15 is 0 Å². The first-order valence-corrected chi connectivity index (χ1v) is 5.94. The zero-order valence-electron chi connectivity index (χ0n) is 10.3. The van der Waals surface area contributed by atoms with Gasteiger partial charge in [0.2, 0.25) is 5.91 Å². The number of anilines is 1. The van der Waals surface area contributed by atoms with Crippen LogP contribution in [0.3, 0.4) is 0 Å². The van der Waals surface area contributed by atoms with E-state index in [2.05, 4.69) is 0 Å². The van der Waals surface area contributed by atoms with E-state index in [1.54, 1.807) is 17.0 Å². The second-order valence-electron chi connectivity index (χ2n) is 4.04. The van der Waals surface area contributed by atoms with Crippen molar-refractivity contribution in [2.75, 3.05) is 25.7 Å². The lowest BCUT2D eigenvalue weighted by atomic mass is 10.2. The lowest BCUT2D eigenvalue weighted by Crippen LogP contribution is -2.34. The Kier molecular flexibility index (Phi) is 3.63. The summed E-state index contributed by atoms with van der Waals surface area (Å²) in [6.07, 6.45) is 0.631. The van der Waals surface area contributed by atoms with Crippen molar-refractivity contribution in [1.82, 2.24) is 0 Å². The molecule has 1 aromatic rings. The number of nitrogens with zero attached hydrogens (tertiary/aromatic N) is 1. The van der Waals surface area contributed by atoms with Crippen molar-refractivity contribution in [3.63, 3.8) is 0 Å². The highest BCUT2D eigenvalue weighted by Crippen LogP contribution is 2.39. The minimum absolute atomic E-state index is 0.116. The summed E-state index contributed by atoms with van der Waals surface area (Å²) in [5.74, 6) is 0.932. The van der Waals surface area contributed by atoms with Crippen LogP contribution >= 0.6 is 11.6 Å². The van der Waals surface area contributed by atoms with Gasteiger partial charge >= 0.3 is 0 Å². The van der Waals surface area contributed by atoms with Crippen molar-refractivity contribution in [2.45, 2.75) is 12.5 Å². The van der Waals surface area contributed by atoms with Crippen LogP contribution in [0.5, 0.6) is 11.5 Å². The number of carbonyl (C=O) groups excluding carboxylic acids is 1. The van der Waals surface area contributed by atoms with Gasteiger partial charge in [0.25, 0.3) is 0 Å². The van der Waals surface area contributed by atoms with Crippen LogP contribution in [0.4, 0.5) is 5.69 Å². The molecule has 1 unspecified atom stereocenters. The van der Waals surface area contributed by atoms with Crippen molar-refractivity contribution in [3.8, 4) is 11.5 Å². The molecule has 18 heavy (non-hydrogen) atoms. The Bertz CT molecular complexity index is 479. The average molecular weight is 271 g/mol. The number of halogens is 1. The van der Waals surface area contributed by atoms with Gasteiger partial charge in [-0.2, -0.15) is 0 Å². The number of hydrogen-bond donors (Lipinski definition) is 1. The van der Waals surface area contributed by atoms with Crippen LogP contribution in [-0.4, -0.2) is 32.7 Å². The SMILES string of the molecule is COc1cc(OC)c(N2CCC(N)C2=O)cc1Cl. The van der Waals surface area contributed by atoms with Gasteiger partial charge in [0.15, 0.2) is 0 Å². The molecule has 5 nitrogen and oxygen atoms in total. The molecule has 0 aromatic heterocycles. The third kappa shape index (κ3) is 2.11. The summed E-state index contributed by atoms with van der Waals surface area (Å²) in [7, 11) is 3.06. The summed E-state index contributed by atoms with van der Waals surface area (Å²) in [5.41, 5.74) is 6.33. The van der Waals surface area contributed by atoms with Crippen molar-refractivity contribution in [3.05, 3.63) is 17.2 Å². The molecule has 1 heterocycles. The van der Waals surface area contributed by atoms with Gasteiger partial charge in [-0.15, -0.1) is 0 Å². The Labute approximate surface area is 110 Å². The third-order valence-electron chi connectivity index (χ3n) is 2.99. The highest BCUT2D eigenvalue weighted by Gasteiger charge is 2.31. The highest BCUT2D eigenvalue weighted by molar-refractivity contribution is 6.32. The van der Waals surface area contributed by atoms with Gasteiger partial charge in [-0.05, 0) is 12.5 Å². The Morgan fingerprint density at radius 2 is 2.00 bits per heavy atom. The molecule has 2 N–H and O–H groups in total. The predicted molar refractivity (Wildman–Crippen MR) is 69.5 cm³/mol. The fraction of sp³-hybridized carbons (Fsp3) is 0.417. The van der Waals surface area contributed by atoms with E-state index in [-0.39, 0.29) is 5.91 Å². The molecule has 0 aliphatic carbocycles. The third-order valence-corrected chi connectivity index (χ3v) is 3.29. The van der Waals surface area contributed by atoms with Crippen LogP contribution in [0.2, 0.25) is 5.02 Å². The number of ether oxygens (including phenoxy) is 2. The van der Waals surface area contributed by atoms with E-state index in [1.807, 2.05) is 0 Å². The van der Waals surface area contributed by atoms with Gasteiger partial charge in [-0.25, -0.2) is 0 Å². The van der Waals surface area contributed by atoms with Gasteiger partial charge in [0.1, 0.15) is 11.5 Å². The normalized spacial score (nSPS) is 19.2. The number of amides is 1. The molecule has 1 aliphatic heterocycles. The van der Waals surface area contributed by atoms with E-state index in [1.165, 1.54) is 14.2 Å². The molecule has 6 heteroatoms. The van der Waals surface area contributed by atoms with Gasteiger partial charge < -0.3 is 20.1 Å². The molecule has 0 bridgehead atoms. The molecule has 1 fully saturated rings. The van der Waals surface area contributed by atoms with E-state index in [4.69, 9.17) is 26.8 Å². The van der Waals surface area contributed by atoms with Gasteiger partial charge in [0, 0.05) is 12.6 Å². The number of methoxy groups -OCH3 is 2. The topological polar surface area (TPSA) is 64.8 Å². The first kappa shape index (κ1) is 13.0. The summed E-state index contributed by atoms with van der Waals surface area (Å²) in [5, 5.41) is 0.432. The monoisotopic (exact) mass is 270 g/mol. The molecule has 0 saturated carbocycles. The smallest absolute Gasteiger partial charge is 0.244 e. The summed E-state index contributed by atoms with van der Waals surface area (Å²) < 4.78 is 10.4. The van der Waals surface area contributed by atoms with E-state index in [0.29, 0.717) is 35.2 Å². The summed E-state index contributed by atoms with van der Waals surface area (Å²) in [6.45, 7) is 0.568. The maximum absolute atomic E-state index is 11.9. The second kappa shape index (κ2) is 5.04. The fourth-order valence-electron chi connectivity index (χ4n) is 2.00. The fourth-order valence-corrected chi connectivity index (χ4v) is 2.23. The molecule has 1 aliphatic rings. The standard InChI is InChI=1S/C12H15ClN2O3/c1-17-10-6-11(18-2)9(5-7(10)13)15-4-3-8(14)12(15)16/h5-6,8H,3-4,14H2,1-2H3. The van der Waals surface area contributed by atoms with Crippen molar-refractivity contribution in [1.29, 1.82) is 0 Å². The van der Waals surface area contributed by atoms with Crippen LogP contribution in [0.15, 0.2) is 12.1 Å². The van der Waals surface area contributed by atoms with Gasteiger partial charge in [0.05, 0.1) is 31.0 Å². The Balaban J connectivity index is 2.44. The van der Waals surface area contributed by atoms with Gasteiger partial charge in [-0.3, -0.25) is 4.79 Å². The summed E-state index contributed by atoms with van der Waals surface area (Å²) in [4.78, 5) is 13.5. The van der Waals surface area contributed by atoms with E-state index in [9.17, 15) is 4.79 Å². The molecule has 0 radical (unpaired) electrons. The Hall–Kier alpha value is -1.46. The van der Waals surface area contributed by atoms with Crippen LogP contribution in [-0.2, 0) is 4.79 Å². The van der Waals surface area contributed by atoms with Gasteiger partial charge in [-0.1, -0.05) is 11.6 Å². The largest absolute Gasteiger partial charge is 0.495 e. The number of rotatable bonds is 3. The maximum atomic E-state index is 11.9. The zero-order valence-corrected chi connectivity index (χ0v) is 11.0. The zero-order chi connectivity index (χ0) is 13.3. The molecule has 1 aromatic carbocycles. The van der Waals surface area contributed by atoms with Crippen molar-refractivity contribution >= 4 is 23.2 Å². The lowest BCUT2D eigenvalue weighted by molar-refractivity contribution is -0.118. The van der Waals surface area contributed by atoms with E-state index in [0.717, 1.165) is 0 Å². The molecule has 0 spiro atoms. The van der Waals surface area contributed by atoms with Crippen LogP contribution in [0.1, 0.15) is 6.42 Å². The molecule has 2 rings (SSSR count). The molecular weight excluding hydrogens is 256 g/mol. The Morgan fingerprint density at radius 3 is 2.50 bits per heavy atom. The first-order chi connectivity index (χ1) is 8.58. The van der Waals surface area contributed by atoms with Crippen LogP contribution < -0.4 is 20.1 Å². The maximum Gasteiger partial charge on any atom is 0.244 e. The minimum Gasteiger partial charge on any atom is -0.495 e. The predicted octanol–water partition coefficient (Wildman–Crippen LogP) is 1.42. The molecule has 1 atom stereocenters. The van der Waals surface area contributed by atoms with Crippen molar-refractivity contribution < 1.29 is 14.3 Å². The average Bonchev–Trinajstić information content (AvgIpc) is 2.70. The summed E-state index contributed by atoms with van der Waals surface area (Å²) >= 11 is 6.07. The van der Waals surface area contributed by atoms with Crippen LogP contribution in [0.25, 0.3) is 0 Å². The number of carbonyl (C=O) groups is 1. The minimum atomic E-state index is -0.449. The Morgan fingerprint density at radius 1 is 1.33 bits per heavy atom. The van der Waals surface area contributed by atoms with Crippen molar-refractivity contribution in [2.24, 2.45) is 5.73 Å². The molecular formula is C12H15ClN2O3. The highest BCUT2D eigenvalue weighted by atomic mass is 35.5. The number of benzene rings is 1. The number of nitrogens with two attached hydrogens (primary N) is 1. The molecule has 1 saturated heterocycles. The number of hydrogen-bond acceptors (Lipinski definition) is 4. The second-order valence-corrected chi connectivity index (χ2v) is 4.45. The quantitative estimate of drug-likeness (QED) is 0.902.